The molecule has 0 heterocycles. The fourth-order valence-corrected chi connectivity index (χ4v) is 3.06. The summed E-state index contributed by atoms with van der Waals surface area (Å²) in [5, 5.41) is 13.0. The lowest BCUT2D eigenvalue weighted by Gasteiger charge is -2.40. The lowest BCUT2D eigenvalue weighted by molar-refractivity contribution is -0.137. The second-order valence-electron chi connectivity index (χ2n) is 5.74. The number of carbonyl (C=O) groups excluding carboxylic acids is 1. The van der Waals surface area contributed by atoms with Crippen molar-refractivity contribution in [2.75, 3.05) is 6.54 Å². The summed E-state index contributed by atoms with van der Waals surface area (Å²) < 4.78 is 0. The number of amides is 1. The van der Waals surface area contributed by atoms with Gasteiger partial charge in [0.1, 0.15) is 0 Å². The minimum atomic E-state index is -0.400. The molecule has 1 fully saturated rings. The number of aliphatic hydroxyl groups is 1. The molecule has 3 heteroatoms. The van der Waals surface area contributed by atoms with E-state index in [2.05, 4.69) is 26.1 Å². The Balaban J connectivity index is 2.40. The maximum atomic E-state index is 12.2. The van der Waals surface area contributed by atoms with E-state index < -0.39 is 6.10 Å². The Bertz CT molecular complexity index is 257. The van der Waals surface area contributed by atoms with Crippen LogP contribution in [0.1, 0.15) is 65.7 Å². The first kappa shape index (κ1) is 15.5. The van der Waals surface area contributed by atoms with Gasteiger partial charge in [0, 0.05) is 12.0 Å². The van der Waals surface area contributed by atoms with Gasteiger partial charge in [0.25, 0.3) is 0 Å². The smallest absolute Gasteiger partial charge is 0.226 e. The summed E-state index contributed by atoms with van der Waals surface area (Å²) in [6.45, 7) is 6.72. The van der Waals surface area contributed by atoms with E-state index in [9.17, 15) is 9.90 Å². The lowest BCUT2D eigenvalue weighted by atomic mass is 9.65. The maximum absolute atomic E-state index is 12.2. The van der Waals surface area contributed by atoms with Gasteiger partial charge in [0.2, 0.25) is 5.91 Å². The summed E-state index contributed by atoms with van der Waals surface area (Å²) in [6, 6.07) is 0. The van der Waals surface area contributed by atoms with Gasteiger partial charge in [-0.05, 0) is 25.2 Å². The SMILES string of the molecule is CCCC1(C(=O)NC[C@@H](O)C(CC)CC)CCC1. The second-order valence-corrected chi connectivity index (χ2v) is 5.74. The van der Waals surface area contributed by atoms with Crippen molar-refractivity contribution in [1.29, 1.82) is 0 Å². The number of aliphatic hydroxyl groups excluding tert-OH is 1. The van der Waals surface area contributed by atoms with E-state index in [1.807, 2.05) is 0 Å². The van der Waals surface area contributed by atoms with E-state index in [1.54, 1.807) is 0 Å². The highest BCUT2D eigenvalue weighted by Gasteiger charge is 2.42. The zero-order valence-corrected chi connectivity index (χ0v) is 12.2. The summed E-state index contributed by atoms with van der Waals surface area (Å²) >= 11 is 0. The van der Waals surface area contributed by atoms with Gasteiger partial charge in [-0.1, -0.05) is 46.5 Å². The average Bonchev–Trinajstić information content (AvgIpc) is 2.32. The summed E-state index contributed by atoms with van der Waals surface area (Å²) in [5.74, 6) is 0.467. The summed E-state index contributed by atoms with van der Waals surface area (Å²) in [5.41, 5.74) is -0.109. The van der Waals surface area contributed by atoms with Crippen molar-refractivity contribution in [1.82, 2.24) is 5.32 Å². The topological polar surface area (TPSA) is 49.3 Å². The van der Waals surface area contributed by atoms with Crippen molar-refractivity contribution < 1.29 is 9.90 Å². The van der Waals surface area contributed by atoms with Gasteiger partial charge in [0.15, 0.2) is 0 Å². The number of hydrogen-bond acceptors (Lipinski definition) is 2. The van der Waals surface area contributed by atoms with Crippen LogP contribution in [0.4, 0.5) is 0 Å². The zero-order chi connectivity index (χ0) is 13.6. The number of hydrogen-bond donors (Lipinski definition) is 2. The molecule has 1 aliphatic rings. The molecule has 0 saturated heterocycles. The molecule has 18 heavy (non-hydrogen) atoms. The number of nitrogens with one attached hydrogen (secondary N) is 1. The van der Waals surface area contributed by atoms with Crippen molar-refractivity contribution in [3.05, 3.63) is 0 Å². The quantitative estimate of drug-likeness (QED) is 0.700. The van der Waals surface area contributed by atoms with Crippen molar-refractivity contribution in [3.63, 3.8) is 0 Å². The van der Waals surface area contributed by atoms with Crippen LogP contribution in [0.15, 0.2) is 0 Å². The van der Waals surface area contributed by atoms with E-state index >= 15 is 0 Å². The van der Waals surface area contributed by atoms with Crippen LogP contribution in [-0.2, 0) is 4.79 Å². The van der Waals surface area contributed by atoms with Crippen LogP contribution in [0.25, 0.3) is 0 Å². The summed E-state index contributed by atoms with van der Waals surface area (Å²) in [6.07, 6.45) is 6.79. The van der Waals surface area contributed by atoms with Gasteiger partial charge < -0.3 is 10.4 Å². The van der Waals surface area contributed by atoms with Crippen LogP contribution < -0.4 is 5.32 Å². The van der Waals surface area contributed by atoms with Crippen LogP contribution in [-0.4, -0.2) is 23.7 Å². The third-order valence-corrected chi connectivity index (χ3v) is 4.59. The molecule has 0 radical (unpaired) electrons. The fraction of sp³-hybridized carbons (Fsp3) is 0.933. The third kappa shape index (κ3) is 3.47. The third-order valence-electron chi connectivity index (χ3n) is 4.59. The van der Waals surface area contributed by atoms with E-state index in [0.29, 0.717) is 12.5 Å². The molecule has 1 rings (SSSR count). The van der Waals surface area contributed by atoms with Gasteiger partial charge >= 0.3 is 0 Å². The molecule has 106 valence electrons. The van der Waals surface area contributed by atoms with Gasteiger partial charge in [0.05, 0.1) is 6.10 Å². The Morgan fingerprint density at radius 1 is 1.28 bits per heavy atom. The van der Waals surface area contributed by atoms with Crippen LogP contribution in [0.3, 0.4) is 0 Å². The van der Waals surface area contributed by atoms with E-state index in [-0.39, 0.29) is 11.3 Å². The number of rotatable bonds is 8. The molecule has 0 unspecified atom stereocenters. The van der Waals surface area contributed by atoms with Crippen molar-refractivity contribution in [2.45, 2.75) is 71.8 Å². The first-order valence-corrected chi connectivity index (χ1v) is 7.56. The first-order chi connectivity index (χ1) is 8.59. The van der Waals surface area contributed by atoms with Gasteiger partial charge in [-0.3, -0.25) is 4.79 Å². The molecule has 0 aromatic carbocycles. The molecule has 1 amide bonds. The van der Waals surface area contributed by atoms with Gasteiger partial charge in [-0.15, -0.1) is 0 Å². The predicted octanol–water partition coefficient (Wildman–Crippen LogP) is 2.87. The highest BCUT2D eigenvalue weighted by atomic mass is 16.3. The molecule has 3 nitrogen and oxygen atoms in total. The van der Waals surface area contributed by atoms with Crippen molar-refractivity contribution in [3.8, 4) is 0 Å². The Kier molecular flexibility index (Phi) is 6.13. The van der Waals surface area contributed by atoms with E-state index in [4.69, 9.17) is 0 Å². The normalized spacial score (nSPS) is 19.4. The highest BCUT2D eigenvalue weighted by Crippen LogP contribution is 2.44. The molecular formula is C15H29NO2. The monoisotopic (exact) mass is 255 g/mol. The molecule has 0 aromatic rings. The second kappa shape index (κ2) is 7.13. The lowest BCUT2D eigenvalue weighted by Crippen LogP contribution is -2.48. The fourth-order valence-electron chi connectivity index (χ4n) is 3.06. The molecule has 1 saturated carbocycles. The first-order valence-electron chi connectivity index (χ1n) is 7.56. The highest BCUT2D eigenvalue weighted by molar-refractivity contribution is 5.83. The van der Waals surface area contributed by atoms with Crippen LogP contribution >= 0.6 is 0 Å². The molecule has 0 spiro atoms. The van der Waals surface area contributed by atoms with Crippen molar-refractivity contribution in [2.24, 2.45) is 11.3 Å². The van der Waals surface area contributed by atoms with Crippen LogP contribution in [0.2, 0.25) is 0 Å². The summed E-state index contributed by atoms with van der Waals surface area (Å²) in [7, 11) is 0. The predicted molar refractivity (Wildman–Crippen MR) is 74.3 cm³/mol. The number of carbonyl (C=O) groups is 1. The molecule has 1 atom stereocenters. The van der Waals surface area contributed by atoms with Crippen LogP contribution in [0, 0.1) is 11.3 Å². The van der Waals surface area contributed by atoms with Gasteiger partial charge in [-0.2, -0.15) is 0 Å². The van der Waals surface area contributed by atoms with Crippen LogP contribution in [0.5, 0.6) is 0 Å². The minimum Gasteiger partial charge on any atom is -0.391 e. The molecule has 1 aliphatic carbocycles. The van der Waals surface area contributed by atoms with E-state index in [0.717, 1.165) is 38.5 Å². The molecule has 0 aromatic heterocycles. The largest absolute Gasteiger partial charge is 0.391 e. The van der Waals surface area contributed by atoms with E-state index in [1.165, 1.54) is 6.42 Å². The molecular weight excluding hydrogens is 226 g/mol. The zero-order valence-electron chi connectivity index (χ0n) is 12.2. The Hall–Kier alpha value is -0.570. The standard InChI is InChI=1S/C15H29NO2/c1-4-8-15(9-7-10-15)14(18)16-11-13(17)12(5-2)6-3/h12-13,17H,4-11H2,1-3H3,(H,16,18)/t13-/m1/s1. The average molecular weight is 255 g/mol. The van der Waals surface area contributed by atoms with Crippen molar-refractivity contribution >= 4 is 5.91 Å². The molecule has 0 aliphatic heterocycles. The Morgan fingerprint density at radius 2 is 1.89 bits per heavy atom. The molecule has 2 N–H and O–H groups in total. The summed E-state index contributed by atoms with van der Waals surface area (Å²) in [4.78, 5) is 12.2. The Morgan fingerprint density at radius 3 is 2.28 bits per heavy atom. The minimum absolute atomic E-state index is 0.109. The molecule has 0 bridgehead atoms. The van der Waals surface area contributed by atoms with Gasteiger partial charge in [-0.25, -0.2) is 0 Å². The maximum Gasteiger partial charge on any atom is 0.226 e. The Labute approximate surface area is 111 Å².